The van der Waals surface area contributed by atoms with Gasteiger partial charge in [0.15, 0.2) is 0 Å². The van der Waals surface area contributed by atoms with Crippen LogP contribution in [0.5, 0.6) is 0 Å². The lowest BCUT2D eigenvalue weighted by Gasteiger charge is -2.22. The predicted molar refractivity (Wildman–Crippen MR) is 77.9 cm³/mol. The standard InChI is InChI=1S/C14H26N2S/c1-4-16(5-2)10-8-14(15-3)7-6-13-9-11-17-12-13/h9,11-12,14-15H,4-8,10H2,1-3H3. The Bertz CT molecular complexity index is 268. The summed E-state index contributed by atoms with van der Waals surface area (Å²) in [6.07, 6.45) is 3.70. The SMILES string of the molecule is CCN(CC)CCC(CCc1ccsc1)NC. The van der Waals surface area contributed by atoms with Gasteiger partial charge in [-0.1, -0.05) is 13.8 Å². The fourth-order valence-corrected chi connectivity index (χ4v) is 2.79. The molecule has 0 aliphatic heterocycles. The first-order chi connectivity index (χ1) is 8.30. The van der Waals surface area contributed by atoms with Crippen molar-refractivity contribution in [2.45, 2.75) is 39.2 Å². The molecule has 0 saturated heterocycles. The van der Waals surface area contributed by atoms with Crippen molar-refractivity contribution in [1.29, 1.82) is 0 Å². The van der Waals surface area contributed by atoms with Gasteiger partial charge in [-0.15, -0.1) is 0 Å². The van der Waals surface area contributed by atoms with Crippen LogP contribution in [0.2, 0.25) is 0 Å². The summed E-state index contributed by atoms with van der Waals surface area (Å²) in [5, 5.41) is 7.87. The smallest absolute Gasteiger partial charge is 0.00794 e. The van der Waals surface area contributed by atoms with Crippen molar-refractivity contribution < 1.29 is 0 Å². The molecule has 98 valence electrons. The molecule has 0 aliphatic rings. The molecule has 0 fully saturated rings. The van der Waals surface area contributed by atoms with Crippen LogP contribution in [-0.2, 0) is 6.42 Å². The minimum Gasteiger partial charge on any atom is -0.317 e. The van der Waals surface area contributed by atoms with Crippen molar-refractivity contribution in [3.63, 3.8) is 0 Å². The van der Waals surface area contributed by atoms with Crippen molar-refractivity contribution in [3.05, 3.63) is 22.4 Å². The third kappa shape index (κ3) is 5.66. The maximum absolute atomic E-state index is 3.44. The summed E-state index contributed by atoms with van der Waals surface area (Å²) in [5.74, 6) is 0. The number of rotatable bonds is 9. The highest BCUT2D eigenvalue weighted by molar-refractivity contribution is 7.07. The van der Waals surface area contributed by atoms with E-state index in [1.165, 1.54) is 31.4 Å². The first kappa shape index (κ1) is 14.7. The highest BCUT2D eigenvalue weighted by Gasteiger charge is 2.08. The van der Waals surface area contributed by atoms with Crippen LogP contribution in [0.4, 0.5) is 0 Å². The molecule has 3 heteroatoms. The van der Waals surface area contributed by atoms with Crippen molar-refractivity contribution >= 4 is 11.3 Å². The van der Waals surface area contributed by atoms with Crippen LogP contribution in [0.3, 0.4) is 0 Å². The number of aryl methyl sites for hydroxylation is 1. The Morgan fingerprint density at radius 2 is 2.06 bits per heavy atom. The van der Waals surface area contributed by atoms with Crippen LogP contribution in [0.1, 0.15) is 32.3 Å². The zero-order valence-corrected chi connectivity index (χ0v) is 12.2. The molecule has 0 amide bonds. The number of nitrogens with one attached hydrogen (secondary N) is 1. The zero-order valence-electron chi connectivity index (χ0n) is 11.4. The number of thiophene rings is 1. The van der Waals surface area contributed by atoms with E-state index >= 15 is 0 Å². The summed E-state index contributed by atoms with van der Waals surface area (Å²) in [6.45, 7) is 8.02. The molecule has 1 rings (SSSR count). The van der Waals surface area contributed by atoms with Gasteiger partial charge in [-0.3, -0.25) is 0 Å². The van der Waals surface area contributed by atoms with E-state index in [2.05, 4.69) is 47.9 Å². The Hall–Kier alpha value is -0.380. The van der Waals surface area contributed by atoms with Gasteiger partial charge in [0.25, 0.3) is 0 Å². The highest BCUT2D eigenvalue weighted by atomic mass is 32.1. The Balaban J connectivity index is 2.23. The van der Waals surface area contributed by atoms with E-state index < -0.39 is 0 Å². The molecule has 17 heavy (non-hydrogen) atoms. The van der Waals surface area contributed by atoms with Gasteiger partial charge in [-0.05, 0) is 68.3 Å². The molecule has 1 heterocycles. The van der Waals surface area contributed by atoms with Crippen molar-refractivity contribution in [2.24, 2.45) is 0 Å². The lowest BCUT2D eigenvalue weighted by atomic mass is 10.0. The Morgan fingerprint density at radius 3 is 2.59 bits per heavy atom. The lowest BCUT2D eigenvalue weighted by Crippen LogP contribution is -2.32. The van der Waals surface area contributed by atoms with E-state index in [1.807, 2.05) is 0 Å². The minimum absolute atomic E-state index is 0.649. The molecule has 0 radical (unpaired) electrons. The Morgan fingerprint density at radius 1 is 1.29 bits per heavy atom. The minimum atomic E-state index is 0.649. The van der Waals surface area contributed by atoms with Crippen molar-refractivity contribution in [3.8, 4) is 0 Å². The van der Waals surface area contributed by atoms with Crippen molar-refractivity contribution in [1.82, 2.24) is 10.2 Å². The lowest BCUT2D eigenvalue weighted by molar-refractivity contribution is 0.280. The second-order valence-corrected chi connectivity index (χ2v) is 5.25. The Labute approximate surface area is 110 Å². The second kappa shape index (κ2) is 8.67. The number of hydrogen-bond acceptors (Lipinski definition) is 3. The van der Waals surface area contributed by atoms with Gasteiger partial charge < -0.3 is 10.2 Å². The van der Waals surface area contributed by atoms with E-state index in [9.17, 15) is 0 Å². The van der Waals surface area contributed by atoms with Gasteiger partial charge in [0.2, 0.25) is 0 Å². The second-order valence-electron chi connectivity index (χ2n) is 4.47. The first-order valence-electron chi connectivity index (χ1n) is 6.70. The van der Waals surface area contributed by atoms with Gasteiger partial charge in [0.1, 0.15) is 0 Å². The van der Waals surface area contributed by atoms with Gasteiger partial charge in [0, 0.05) is 6.04 Å². The maximum atomic E-state index is 3.44. The molecule has 1 aromatic rings. The third-order valence-corrected chi connectivity index (χ3v) is 4.19. The number of hydrogen-bond donors (Lipinski definition) is 1. The van der Waals surface area contributed by atoms with E-state index in [1.54, 1.807) is 11.3 Å². The average Bonchev–Trinajstić information content (AvgIpc) is 2.87. The summed E-state index contributed by atoms with van der Waals surface area (Å²) in [5.41, 5.74) is 1.48. The molecular weight excluding hydrogens is 228 g/mol. The van der Waals surface area contributed by atoms with Gasteiger partial charge in [-0.2, -0.15) is 11.3 Å². The molecule has 1 atom stereocenters. The van der Waals surface area contributed by atoms with Crippen molar-refractivity contribution in [2.75, 3.05) is 26.7 Å². The van der Waals surface area contributed by atoms with Gasteiger partial charge >= 0.3 is 0 Å². The third-order valence-electron chi connectivity index (χ3n) is 3.46. The zero-order chi connectivity index (χ0) is 12.5. The molecule has 1 unspecified atom stereocenters. The van der Waals surface area contributed by atoms with E-state index in [0.29, 0.717) is 6.04 Å². The molecule has 0 aromatic carbocycles. The first-order valence-corrected chi connectivity index (χ1v) is 7.65. The summed E-state index contributed by atoms with van der Waals surface area (Å²) in [7, 11) is 2.08. The fraction of sp³-hybridized carbons (Fsp3) is 0.714. The van der Waals surface area contributed by atoms with Crippen LogP contribution in [0.25, 0.3) is 0 Å². The summed E-state index contributed by atoms with van der Waals surface area (Å²) in [6, 6.07) is 2.89. The molecule has 1 aromatic heterocycles. The molecule has 1 N–H and O–H groups in total. The summed E-state index contributed by atoms with van der Waals surface area (Å²) < 4.78 is 0. The van der Waals surface area contributed by atoms with Crippen LogP contribution in [-0.4, -0.2) is 37.6 Å². The summed E-state index contributed by atoms with van der Waals surface area (Å²) in [4.78, 5) is 2.49. The fourth-order valence-electron chi connectivity index (χ4n) is 2.09. The van der Waals surface area contributed by atoms with Crippen LogP contribution in [0, 0.1) is 0 Å². The van der Waals surface area contributed by atoms with E-state index in [4.69, 9.17) is 0 Å². The topological polar surface area (TPSA) is 15.3 Å². The molecule has 0 spiro atoms. The normalized spacial score (nSPS) is 13.2. The van der Waals surface area contributed by atoms with Gasteiger partial charge in [0.05, 0.1) is 0 Å². The van der Waals surface area contributed by atoms with Crippen LogP contribution >= 0.6 is 11.3 Å². The predicted octanol–water partition coefficient (Wildman–Crippen LogP) is 3.00. The van der Waals surface area contributed by atoms with Gasteiger partial charge in [-0.25, -0.2) is 0 Å². The largest absolute Gasteiger partial charge is 0.317 e. The van der Waals surface area contributed by atoms with E-state index in [0.717, 1.165) is 13.1 Å². The molecule has 0 bridgehead atoms. The quantitative estimate of drug-likeness (QED) is 0.729. The highest BCUT2D eigenvalue weighted by Crippen LogP contribution is 2.11. The molecular formula is C14H26N2S. The molecule has 0 saturated carbocycles. The average molecular weight is 254 g/mol. The van der Waals surface area contributed by atoms with Crippen LogP contribution < -0.4 is 5.32 Å². The Kier molecular flexibility index (Phi) is 7.49. The molecule has 0 aliphatic carbocycles. The van der Waals surface area contributed by atoms with E-state index in [-0.39, 0.29) is 0 Å². The maximum Gasteiger partial charge on any atom is 0.00794 e. The molecule has 2 nitrogen and oxygen atoms in total. The van der Waals surface area contributed by atoms with Crippen LogP contribution in [0.15, 0.2) is 16.8 Å². The number of nitrogens with zero attached hydrogens (tertiary/aromatic N) is 1. The monoisotopic (exact) mass is 254 g/mol. The summed E-state index contributed by atoms with van der Waals surface area (Å²) >= 11 is 1.80.